The molecule has 2 heteroatoms. The van der Waals surface area contributed by atoms with Crippen molar-refractivity contribution in [3.05, 3.63) is 35.4 Å². The molecule has 0 amide bonds. The normalized spacial score (nSPS) is 12.2. The van der Waals surface area contributed by atoms with E-state index >= 15 is 0 Å². The van der Waals surface area contributed by atoms with E-state index in [0.29, 0.717) is 6.61 Å². The first-order valence-corrected chi connectivity index (χ1v) is 6.69. The fourth-order valence-electron chi connectivity index (χ4n) is 1.72. The predicted octanol–water partition coefficient (Wildman–Crippen LogP) is 4.04. The van der Waals surface area contributed by atoms with Crippen LogP contribution in [0.3, 0.4) is 0 Å². The van der Waals surface area contributed by atoms with Crippen molar-refractivity contribution in [2.75, 3.05) is 13.2 Å². The van der Waals surface area contributed by atoms with Crippen molar-refractivity contribution >= 4 is 5.57 Å². The molecule has 0 saturated carbocycles. The topological polar surface area (TPSA) is 29.5 Å². The Labute approximate surface area is 110 Å². The molecular weight excluding hydrogens is 224 g/mol. The van der Waals surface area contributed by atoms with Gasteiger partial charge in [0, 0.05) is 6.61 Å². The van der Waals surface area contributed by atoms with Crippen LogP contribution in [0.4, 0.5) is 0 Å². The van der Waals surface area contributed by atoms with E-state index in [1.165, 1.54) is 16.7 Å². The second-order valence-electron chi connectivity index (χ2n) is 4.56. The predicted molar refractivity (Wildman–Crippen MR) is 76.8 cm³/mol. The summed E-state index contributed by atoms with van der Waals surface area (Å²) in [6.07, 6.45) is 2.78. The second kappa shape index (κ2) is 7.93. The van der Waals surface area contributed by atoms with Gasteiger partial charge in [0.1, 0.15) is 5.75 Å². The van der Waals surface area contributed by atoms with Gasteiger partial charge in [-0.3, -0.25) is 0 Å². The molecule has 100 valence electrons. The molecule has 0 unspecified atom stereocenters. The lowest BCUT2D eigenvalue weighted by atomic mass is 10.0. The summed E-state index contributed by atoms with van der Waals surface area (Å²) in [6, 6.07) is 8.24. The minimum atomic E-state index is 0.239. The summed E-state index contributed by atoms with van der Waals surface area (Å²) in [7, 11) is 0. The molecule has 18 heavy (non-hydrogen) atoms. The molecule has 1 aromatic carbocycles. The Kier molecular flexibility index (Phi) is 6.51. The Morgan fingerprint density at radius 3 is 2.33 bits per heavy atom. The van der Waals surface area contributed by atoms with Crippen LogP contribution >= 0.6 is 0 Å². The quantitative estimate of drug-likeness (QED) is 0.738. The molecule has 0 atom stereocenters. The summed E-state index contributed by atoms with van der Waals surface area (Å²) in [4.78, 5) is 0. The molecule has 0 aromatic heterocycles. The van der Waals surface area contributed by atoms with Gasteiger partial charge in [0.25, 0.3) is 0 Å². The first-order valence-electron chi connectivity index (χ1n) is 6.69. The number of hydrogen-bond donors (Lipinski definition) is 1. The Bertz CT molecular complexity index is 377. The number of allylic oxidation sites excluding steroid dienone is 2. The van der Waals surface area contributed by atoms with Crippen LogP contribution in [-0.4, -0.2) is 18.3 Å². The van der Waals surface area contributed by atoms with Gasteiger partial charge in [-0.25, -0.2) is 0 Å². The number of ether oxygens (including phenoxy) is 1. The number of aliphatic hydroxyl groups excluding tert-OH is 1. The van der Waals surface area contributed by atoms with Gasteiger partial charge in [0.15, 0.2) is 0 Å². The van der Waals surface area contributed by atoms with Crippen LogP contribution in [0, 0.1) is 0 Å². The SMILES string of the molecule is CC/C(C)=C(\C)c1ccc(OCCCCO)cc1. The van der Waals surface area contributed by atoms with Crippen molar-refractivity contribution in [3.8, 4) is 5.75 Å². The average Bonchev–Trinajstić information content (AvgIpc) is 2.42. The molecule has 0 fully saturated rings. The highest BCUT2D eigenvalue weighted by Crippen LogP contribution is 2.22. The van der Waals surface area contributed by atoms with Gasteiger partial charge in [0.2, 0.25) is 0 Å². The highest BCUT2D eigenvalue weighted by molar-refractivity contribution is 5.66. The van der Waals surface area contributed by atoms with E-state index in [2.05, 4.69) is 32.9 Å². The van der Waals surface area contributed by atoms with Crippen molar-refractivity contribution < 1.29 is 9.84 Å². The van der Waals surface area contributed by atoms with Crippen LogP contribution in [0.15, 0.2) is 29.8 Å². The maximum Gasteiger partial charge on any atom is 0.119 e. The van der Waals surface area contributed by atoms with E-state index in [4.69, 9.17) is 9.84 Å². The second-order valence-corrected chi connectivity index (χ2v) is 4.56. The van der Waals surface area contributed by atoms with Gasteiger partial charge in [-0.15, -0.1) is 0 Å². The van der Waals surface area contributed by atoms with E-state index in [9.17, 15) is 0 Å². The molecule has 0 aliphatic heterocycles. The summed E-state index contributed by atoms with van der Waals surface area (Å²) in [6.45, 7) is 7.42. The van der Waals surface area contributed by atoms with Crippen LogP contribution in [0.1, 0.15) is 45.6 Å². The molecule has 0 radical (unpaired) electrons. The molecule has 0 bridgehead atoms. The van der Waals surface area contributed by atoms with E-state index in [1.807, 2.05) is 12.1 Å². The van der Waals surface area contributed by atoms with Gasteiger partial charge >= 0.3 is 0 Å². The Balaban J connectivity index is 2.58. The van der Waals surface area contributed by atoms with Crippen molar-refractivity contribution in [2.24, 2.45) is 0 Å². The van der Waals surface area contributed by atoms with E-state index in [0.717, 1.165) is 25.0 Å². The summed E-state index contributed by atoms with van der Waals surface area (Å²) in [5, 5.41) is 8.68. The zero-order valence-corrected chi connectivity index (χ0v) is 11.7. The molecule has 1 N–H and O–H groups in total. The third kappa shape index (κ3) is 4.53. The number of unbranched alkanes of at least 4 members (excludes halogenated alkanes) is 1. The van der Waals surface area contributed by atoms with E-state index in [-0.39, 0.29) is 6.61 Å². The summed E-state index contributed by atoms with van der Waals surface area (Å²) >= 11 is 0. The Morgan fingerprint density at radius 2 is 1.78 bits per heavy atom. The molecule has 0 aliphatic carbocycles. The minimum Gasteiger partial charge on any atom is -0.494 e. The number of rotatable bonds is 7. The van der Waals surface area contributed by atoms with Crippen LogP contribution in [-0.2, 0) is 0 Å². The summed E-state index contributed by atoms with van der Waals surface area (Å²) in [5.74, 6) is 0.902. The number of benzene rings is 1. The molecular formula is C16H24O2. The largest absolute Gasteiger partial charge is 0.494 e. The highest BCUT2D eigenvalue weighted by atomic mass is 16.5. The summed E-state index contributed by atoms with van der Waals surface area (Å²) in [5.41, 5.74) is 4.04. The minimum absolute atomic E-state index is 0.239. The fraction of sp³-hybridized carbons (Fsp3) is 0.500. The van der Waals surface area contributed by atoms with Crippen LogP contribution in [0.5, 0.6) is 5.75 Å². The zero-order valence-electron chi connectivity index (χ0n) is 11.7. The Morgan fingerprint density at radius 1 is 1.11 bits per heavy atom. The lowest BCUT2D eigenvalue weighted by Crippen LogP contribution is -1.98. The lowest BCUT2D eigenvalue weighted by molar-refractivity contribution is 0.253. The number of hydrogen-bond acceptors (Lipinski definition) is 2. The molecule has 1 rings (SSSR count). The van der Waals surface area contributed by atoms with Gasteiger partial charge in [-0.05, 0) is 56.4 Å². The van der Waals surface area contributed by atoms with Gasteiger partial charge in [0.05, 0.1) is 6.61 Å². The van der Waals surface area contributed by atoms with Gasteiger partial charge in [-0.2, -0.15) is 0 Å². The molecule has 0 aliphatic rings. The molecule has 0 saturated heterocycles. The first kappa shape index (κ1) is 14.8. The molecule has 1 aromatic rings. The summed E-state index contributed by atoms with van der Waals surface area (Å²) < 4.78 is 5.60. The van der Waals surface area contributed by atoms with Crippen LogP contribution in [0.25, 0.3) is 5.57 Å². The first-order chi connectivity index (χ1) is 8.69. The van der Waals surface area contributed by atoms with Crippen molar-refractivity contribution in [3.63, 3.8) is 0 Å². The standard InChI is InChI=1S/C16H24O2/c1-4-13(2)14(3)15-7-9-16(10-8-15)18-12-6-5-11-17/h7-10,17H,4-6,11-12H2,1-3H3/b14-13+. The third-order valence-electron chi connectivity index (χ3n) is 3.28. The number of aliphatic hydroxyl groups is 1. The van der Waals surface area contributed by atoms with Crippen molar-refractivity contribution in [1.29, 1.82) is 0 Å². The molecule has 0 heterocycles. The average molecular weight is 248 g/mol. The molecule has 0 spiro atoms. The monoisotopic (exact) mass is 248 g/mol. The maximum absolute atomic E-state index is 8.68. The van der Waals surface area contributed by atoms with Crippen LogP contribution in [0.2, 0.25) is 0 Å². The Hall–Kier alpha value is -1.28. The lowest BCUT2D eigenvalue weighted by Gasteiger charge is -2.09. The smallest absolute Gasteiger partial charge is 0.119 e. The van der Waals surface area contributed by atoms with Crippen LogP contribution < -0.4 is 4.74 Å². The van der Waals surface area contributed by atoms with E-state index in [1.54, 1.807) is 0 Å². The maximum atomic E-state index is 8.68. The van der Waals surface area contributed by atoms with Gasteiger partial charge < -0.3 is 9.84 Å². The third-order valence-corrected chi connectivity index (χ3v) is 3.28. The van der Waals surface area contributed by atoms with Crippen molar-refractivity contribution in [2.45, 2.75) is 40.0 Å². The van der Waals surface area contributed by atoms with Gasteiger partial charge in [-0.1, -0.05) is 24.6 Å². The zero-order chi connectivity index (χ0) is 13.4. The highest BCUT2D eigenvalue weighted by Gasteiger charge is 2.00. The molecule has 2 nitrogen and oxygen atoms in total. The van der Waals surface area contributed by atoms with Crippen molar-refractivity contribution in [1.82, 2.24) is 0 Å². The fourth-order valence-corrected chi connectivity index (χ4v) is 1.72. The van der Waals surface area contributed by atoms with E-state index < -0.39 is 0 Å².